The van der Waals surface area contributed by atoms with E-state index in [-0.39, 0.29) is 0 Å². The SMILES string of the molecule is CCO[Si](CCCCCCCCCCCCCCCCCCCCCCCCCCCCCCCCCCCCCCO)(OCC)OCC. The number of aliphatic hydroxyl groups excluding tert-OH is 1. The van der Waals surface area contributed by atoms with Gasteiger partial charge < -0.3 is 18.4 Å². The Hall–Kier alpha value is 0.0569. The van der Waals surface area contributed by atoms with Crippen molar-refractivity contribution in [2.75, 3.05) is 26.4 Å². The molecule has 0 atom stereocenters. The largest absolute Gasteiger partial charge is 0.500 e. The van der Waals surface area contributed by atoms with E-state index in [1.165, 1.54) is 225 Å². The van der Waals surface area contributed by atoms with Crippen LogP contribution in [0.2, 0.25) is 6.04 Å². The lowest BCUT2D eigenvalue weighted by Crippen LogP contribution is -2.45. The van der Waals surface area contributed by atoms with Crippen molar-refractivity contribution in [3.8, 4) is 0 Å². The van der Waals surface area contributed by atoms with Gasteiger partial charge in [-0.25, -0.2) is 0 Å². The molecule has 0 aromatic heterocycles. The van der Waals surface area contributed by atoms with Gasteiger partial charge >= 0.3 is 8.80 Å². The summed E-state index contributed by atoms with van der Waals surface area (Å²) in [5, 5.41) is 8.81. The number of hydrogen-bond donors (Lipinski definition) is 1. The smallest absolute Gasteiger partial charge is 0.396 e. The minimum atomic E-state index is -2.43. The van der Waals surface area contributed by atoms with Crippen molar-refractivity contribution in [3.63, 3.8) is 0 Å². The average molecular weight is 713 g/mol. The first-order valence-corrected chi connectivity index (χ1v) is 24.7. The molecule has 0 radical (unpaired) electrons. The minimum Gasteiger partial charge on any atom is -0.396 e. The molecular formula is C44H92O4Si. The molecule has 0 amide bonds. The Labute approximate surface area is 310 Å². The van der Waals surface area contributed by atoms with Crippen LogP contribution in [-0.4, -0.2) is 40.3 Å². The van der Waals surface area contributed by atoms with Crippen LogP contribution in [0.25, 0.3) is 0 Å². The molecule has 0 aliphatic rings. The van der Waals surface area contributed by atoms with Crippen LogP contribution in [0.4, 0.5) is 0 Å². The predicted molar refractivity (Wildman–Crippen MR) is 219 cm³/mol. The number of unbranched alkanes of at least 4 members (excludes halogenated alkanes) is 35. The predicted octanol–water partition coefficient (Wildman–Crippen LogP) is 15.1. The maximum absolute atomic E-state index is 8.81. The molecule has 0 unspecified atom stereocenters. The van der Waals surface area contributed by atoms with Crippen molar-refractivity contribution in [1.82, 2.24) is 0 Å². The lowest BCUT2D eigenvalue weighted by Gasteiger charge is -2.28. The zero-order valence-electron chi connectivity index (χ0n) is 34.2. The summed E-state index contributed by atoms with van der Waals surface area (Å²) in [6.45, 7) is 8.56. The van der Waals surface area contributed by atoms with E-state index in [4.69, 9.17) is 18.4 Å². The third-order valence-electron chi connectivity index (χ3n) is 10.5. The fourth-order valence-electron chi connectivity index (χ4n) is 7.46. The van der Waals surface area contributed by atoms with Gasteiger partial charge in [-0.3, -0.25) is 0 Å². The first kappa shape index (κ1) is 49.1. The quantitative estimate of drug-likeness (QED) is 0.0505. The maximum atomic E-state index is 8.81. The topological polar surface area (TPSA) is 47.9 Å². The van der Waals surface area contributed by atoms with Crippen LogP contribution < -0.4 is 0 Å². The van der Waals surface area contributed by atoms with Crippen molar-refractivity contribution in [2.45, 2.75) is 258 Å². The van der Waals surface area contributed by atoms with Crippen molar-refractivity contribution in [2.24, 2.45) is 0 Å². The molecule has 0 aromatic carbocycles. The highest BCUT2D eigenvalue weighted by molar-refractivity contribution is 6.60. The fraction of sp³-hybridized carbons (Fsp3) is 1.00. The van der Waals surface area contributed by atoms with Crippen LogP contribution in [0.5, 0.6) is 0 Å². The van der Waals surface area contributed by atoms with Crippen molar-refractivity contribution in [1.29, 1.82) is 0 Å². The monoisotopic (exact) mass is 713 g/mol. The second-order valence-corrected chi connectivity index (χ2v) is 17.9. The van der Waals surface area contributed by atoms with E-state index in [0.29, 0.717) is 26.4 Å². The highest BCUT2D eigenvalue weighted by atomic mass is 28.4. The van der Waals surface area contributed by atoms with E-state index in [2.05, 4.69) is 0 Å². The molecule has 4 nitrogen and oxygen atoms in total. The van der Waals surface area contributed by atoms with E-state index in [0.717, 1.165) is 12.5 Å². The van der Waals surface area contributed by atoms with Gasteiger partial charge in [0.05, 0.1) is 0 Å². The molecule has 0 bridgehead atoms. The van der Waals surface area contributed by atoms with Gasteiger partial charge in [0.25, 0.3) is 0 Å². The third kappa shape index (κ3) is 37.6. The Kier molecular flexibility index (Phi) is 42.5. The van der Waals surface area contributed by atoms with Crippen LogP contribution in [0, 0.1) is 0 Å². The van der Waals surface area contributed by atoms with E-state index < -0.39 is 8.80 Å². The van der Waals surface area contributed by atoms with E-state index >= 15 is 0 Å². The van der Waals surface area contributed by atoms with Crippen LogP contribution in [0.1, 0.15) is 252 Å². The summed E-state index contributed by atoms with van der Waals surface area (Å²) in [4.78, 5) is 0. The molecule has 1 N–H and O–H groups in total. The minimum absolute atomic E-state index is 0.371. The third-order valence-corrected chi connectivity index (χ3v) is 13.6. The van der Waals surface area contributed by atoms with Crippen molar-refractivity contribution in [3.05, 3.63) is 0 Å². The first-order chi connectivity index (χ1) is 24.2. The molecule has 0 spiro atoms. The van der Waals surface area contributed by atoms with Gasteiger partial charge in [0.1, 0.15) is 0 Å². The normalized spacial score (nSPS) is 12.0. The van der Waals surface area contributed by atoms with Gasteiger partial charge in [0.15, 0.2) is 0 Å². The van der Waals surface area contributed by atoms with Gasteiger partial charge in [-0.1, -0.05) is 218 Å². The summed E-state index contributed by atoms with van der Waals surface area (Å²) in [6, 6.07) is 0.972. The zero-order chi connectivity index (χ0) is 35.6. The second kappa shape index (κ2) is 42.5. The second-order valence-electron chi connectivity index (χ2n) is 15.2. The van der Waals surface area contributed by atoms with Gasteiger partial charge in [0, 0.05) is 32.5 Å². The Bertz CT molecular complexity index is 572. The van der Waals surface area contributed by atoms with Crippen molar-refractivity contribution < 1.29 is 18.4 Å². The Morgan fingerprint density at radius 2 is 0.429 bits per heavy atom. The van der Waals surface area contributed by atoms with E-state index in [1.54, 1.807) is 0 Å². The molecule has 296 valence electrons. The van der Waals surface area contributed by atoms with Crippen LogP contribution in [0.15, 0.2) is 0 Å². The lowest BCUT2D eigenvalue weighted by molar-refractivity contribution is 0.0706. The van der Waals surface area contributed by atoms with Crippen LogP contribution >= 0.6 is 0 Å². The van der Waals surface area contributed by atoms with Gasteiger partial charge in [0.2, 0.25) is 0 Å². The molecule has 0 rings (SSSR count). The Morgan fingerprint density at radius 1 is 0.265 bits per heavy atom. The summed E-state index contributed by atoms with van der Waals surface area (Å²) in [5.41, 5.74) is 0. The van der Waals surface area contributed by atoms with E-state index in [1.807, 2.05) is 20.8 Å². The highest BCUT2D eigenvalue weighted by Crippen LogP contribution is 2.21. The Balaban J connectivity index is 3.20. The molecule has 0 fully saturated rings. The summed E-state index contributed by atoms with van der Waals surface area (Å²) in [6.07, 6.45) is 50.9. The molecule has 0 aromatic rings. The van der Waals surface area contributed by atoms with Gasteiger partial charge in [-0.15, -0.1) is 0 Å². The molecule has 5 heteroatoms. The maximum Gasteiger partial charge on any atom is 0.500 e. The number of aliphatic hydroxyl groups is 1. The average Bonchev–Trinajstić information content (AvgIpc) is 3.10. The lowest BCUT2D eigenvalue weighted by atomic mass is 10.0. The summed E-state index contributed by atoms with van der Waals surface area (Å²) in [7, 11) is -2.43. The highest BCUT2D eigenvalue weighted by Gasteiger charge is 2.39. The number of rotatable bonds is 44. The summed E-state index contributed by atoms with van der Waals surface area (Å²) in [5.74, 6) is 0. The molecule has 0 heterocycles. The standard InChI is InChI=1S/C44H92O4Si/c1-4-46-49(47-5-2,48-6-3)44-42-40-38-36-34-32-30-28-26-24-22-20-18-16-14-12-10-8-7-9-11-13-15-17-19-21-23-25-27-29-31-33-35-37-39-41-43-45/h45H,4-44H2,1-3H3. The van der Waals surface area contributed by atoms with Gasteiger partial charge in [-0.2, -0.15) is 0 Å². The van der Waals surface area contributed by atoms with Crippen LogP contribution in [0.3, 0.4) is 0 Å². The molecular weight excluding hydrogens is 621 g/mol. The zero-order valence-corrected chi connectivity index (χ0v) is 35.2. The molecule has 0 aliphatic heterocycles. The molecule has 0 saturated carbocycles. The number of hydrogen-bond acceptors (Lipinski definition) is 4. The van der Waals surface area contributed by atoms with Gasteiger partial charge in [-0.05, 0) is 33.6 Å². The Morgan fingerprint density at radius 3 is 0.592 bits per heavy atom. The van der Waals surface area contributed by atoms with E-state index in [9.17, 15) is 0 Å². The van der Waals surface area contributed by atoms with Crippen LogP contribution in [-0.2, 0) is 13.3 Å². The molecule has 49 heavy (non-hydrogen) atoms. The summed E-state index contributed by atoms with van der Waals surface area (Å²) >= 11 is 0. The fourth-order valence-corrected chi connectivity index (χ4v) is 10.2. The molecule has 0 saturated heterocycles. The summed E-state index contributed by atoms with van der Waals surface area (Å²) < 4.78 is 17.9. The molecule has 0 aliphatic carbocycles. The van der Waals surface area contributed by atoms with Crippen molar-refractivity contribution >= 4 is 8.80 Å². The first-order valence-electron chi connectivity index (χ1n) is 22.8.